The standard InChI is InChI=1S/C17H26ClN3O/c1-3-19-17(20-11-14-5-4-6-16(14)22)21-12(2)13-7-9-15(18)10-8-13/h7-10,12,14,16,22H,3-6,11H2,1-2H3,(H2,19,20,21). The van der Waals surface area contributed by atoms with Crippen LogP contribution in [0.4, 0.5) is 0 Å². The number of aliphatic imine (C=N–C) groups is 1. The van der Waals surface area contributed by atoms with E-state index in [4.69, 9.17) is 11.6 Å². The van der Waals surface area contributed by atoms with Gasteiger partial charge in [0.25, 0.3) is 0 Å². The highest BCUT2D eigenvalue weighted by molar-refractivity contribution is 6.30. The molecule has 4 nitrogen and oxygen atoms in total. The number of halogens is 1. The van der Waals surface area contributed by atoms with Gasteiger partial charge in [0.05, 0.1) is 12.1 Å². The Balaban J connectivity index is 1.96. The average molecular weight is 324 g/mol. The molecule has 0 amide bonds. The zero-order valence-electron chi connectivity index (χ0n) is 13.3. The number of nitrogens with zero attached hydrogens (tertiary/aromatic N) is 1. The van der Waals surface area contributed by atoms with Gasteiger partial charge in [-0.05, 0) is 44.4 Å². The van der Waals surface area contributed by atoms with E-state index in [1.54, 1.807) is 0 Å². The van der Waals surface area contributed by atoms with E-state index in [2.05, 4.69) is 29.5 Å². The molecule has 2 rings (SSSR count). The normalized spacial score (nSPS) is 23.4. The van der Waals surface area contributed by atoms with E-state index in [0.29, 0.717) is 12.5 Å². The summed E-state index contributed by atoms with van der Waals surface area (Å²) in [5, 5.41) is 17.3. The maximum absolute atomic E-state index is 9.90. The summed E-state index contributed by atoms with van der Waals surface area (Å²) in [6.07, 6.45) is 2.88. The molecular formula is C17H26ClN3O. The summed E-state index contributed by atoms with van der Waals surface area (Å²) in [7, 11) is 0. The van der Waals surface area contributed by atoms with Gasteiger partial charge in [-0.3, -0.25) is 4.99 Å². The molecule has 0 spiro atoms. The van der Waals surface area contributed by atoms with Crippen molar-refractivity contribution >= 4 is 17.6 Å². The lowest BCUT2D eigenvalue weighted by Gasteiger charge is -2.19. The number of aliphatic hydroxyl groups excluding tert-OH is 1. The van der Waals surface area contributed by atoms with Crippen LogP contribution in [-0.4, -0.2) is 30.3 Å². The summed E-state index contributed by atoms with van der Waals surface area (Å²) >= 11 is 5.93. The van der Waals surface area contributed by atoms with E-state index in [1.165, 1.54) is 0 Å². The lowest BCUT2D eigenvalue weighted by Crippen LogP contribution is -2.39. The Morgan fingerprint density at radius 1 is 1.36 bits per heavy atom. The van der Waals surface area contributed by atoms with E-state index < -0.39 is 0 Å². The van der Waals surface area contributed by atoms with Gasteiger partial charge in [-0.2, -0.15) is 0 Å². The summed E-state index contributed by atoms with van der Waals surface area (Å²) in [5.41, 5.74) is 1.16. The van der Waals surface area contributed by atoms with Crippen molar-refractivity contribution in [3.63, 3.8) is 0 Å². The summed E-state index contributed by atoms with van der Waals surface area (Å²) < 4.78 is 0. The van der Waals surface area contributed by atoms with Crippen molar-refractivity contribution in [2.45, 2.75) is 45.3 Å². The molecule has 0 aliphatic heterocycles. The average Bonchev–Trinajstić information content (AvgIpc) is 2.91. The molecule has 1 aliphatic rings. The molecule has 1 aromatic rings. The minimum absolute atomic E-state index is 0.142. The number of benzene rings is 1. The SMILES string of the molecule is CCNC(=NCC1CCCC1O)NC(C)c1ccc(Cl)cc1. The third kappa shape index (κ3) is 4.89. The van der Waals surface area contributed by atoms with Gasteiger partial charge in [-0.1, -0.05) is 30.2 Å². The lowest BCUT2D eigenvalue weighted by molar-refractivity contribution is 0.136. The van der Waals surface area contributed by atoms with Crippen LogP contribution in [0.5, 0.6) is 0 Å². The third-order valence-corrected chi connectivity index (χ3v) is 4.42. The molecule has 122 valence electrons. The van der Waals surface area contributed by atoms with Crippen LogP contribution in [0.15, 0.2) is 29.3 Å². The van der Waals surface area contributed by atoms with Gasteiger partial charge < -0.3 is 15.7 Å². The topological polar surface area (TPSA) is 56.7 Å². The minimum Gasteiger partial charge on any atom is -0.393 e. The Bertz CT molecular complexity index is 489. The minimum atomic E-state index is -0.194. The fourth-order valence-electron chi connectivity index (χ4n) is 2.80. The summed E-state index contributed by atoms with van der Waals surface area (Å²) in [4.78, 5) is 4.64. The van der Waals surface area contributed by atoms with E-state index in [-0.39, 0.29) is 12.1 Å². The molecule has 3 unspecified atom stereocenters. The molecule has 1 fully saturated rings. The molecule has 3 N–H and O–H groups in total. The number of hydrogen-bond donors (Lipinski definition) is 3. The van der Waals surface area contributed by atoms with Gasteiger partial charge >= 0.3 is 0 Å². The molecule has 3 atom stereocenters. The Morgan fingerprint density at radius 3 is 2.68 bits per heavy atom. The molecule has 0 heterocycles. The Morgan fingerprint density at radius 2 is 2.09 bits per heavy atom. The fraction of sp³-hybridized carbons (Fsp3) is 0.588. The molecular weight excluding hydrogens is 298 g/mol. The first-order valence-electron chi connectivity index (χ1n) is 8.08. The van der Waals surface area contributed by atoms with E-state index in [9.17, 15) is 5.11 Å². The quantitative estimate of drug-likeness (QED) is 0.576. The van der Waals surface area contributed by atoms with Crippen LogP contribution in [0, 0.1) is 5.92 Å². The predicted molar refractivity (Wildman–Crippen MR) is 92.3 cm³/mol. The van der Waals surface area contributed by atoms with Crippen LogP contribution >= 0.6 is 11.6 Å². The van der Waals surface area contributed by atoms with Gasteiger partial charge in [0.1, 0.15) is 0 Å². The second-order valence-electron chi connectivity index (χ2n) is 5.90. The molecule has 1 saturated carbocycles. The first-order valence-corrected chi connectivity index (χ1v) is 8.46. The Labute approximate surface area is 138 Å². The van der Waals surface area contributed by atoms with Crippen LogP contribution < -0.4 is 10.6 Å². The number of rotatable bonds is 5. The third-order valence-electron chi connectivity index (χ3n) is 4.17. The molecule has 5 heteroatoms. The van der Waals surface area contributed by atoms with E-state index >= 15 is 0 Å². The monoisotopic (exact) mass is 323 g/mol. The highest BCUT2D eigenvalue weighted by Crippen LogP contribution is 2.25. The number of guanidine groups is 1. The molecule has 0 aromatic heterocycles. The van der Waals surface area contributed by atoms with Crippen LogP contribution in [0.3, 0.4) is 0 Å². The fourth-order valence-corrected chi connectivity index (χ4v) is 2.92. The van der Waals surface area contributed by atoms with E-state index in [0.717, 1.165) is 42.4 Å². The van der Waals surface area contributed by atoms with Crippen LogP contribution in [0.25, 0.3) is 0 Å². The summed E-state index contributed by atoms with van der Waals surface area (Å²) in [6, 6.07) is 7.97. The van der Waals surface area contributed by atoms with Gasteiger partial charge in [0.2, 0.25) is 0 Å². The van der Waals surface area contributed by atoms with E-state index in [1.807, 2.05) is 24.3 Å². The van der Waals surface area contributed by atoms with Crippen molar-refractivity contribution in [3.8, 4) is 0 Å². The second-order valence-corrected chi connectivity index (χ2v) is 6.33. The van der Waals surface area contributed by atoms with Gasteiger partial charge in [-0.15, -0.1) is 0 Å². The van der Waals surface area contributed by atoms with Crippen molar-refractivity contribution in [1.82, 2.24) is 10.6 Å². The van der Waals surface area contributed by atoms with Gasteiger partial charge in [0.15, 0.2) is 5.96 Å². The van der Waals surface area contributed by atoms with Crippen LogP contribution in [0.1, 0.15) is 44.7 Å². The van der Waals surface area contributed by atoms with Crippen molar-refractivity contribution in [2.24, 2.45) is 10.9 Å². The number of nitrogens with one attached hydrogen (secondary N) is 2. The summed E-state index contributed by atoms with van der Waals surface area (Å²) in [6.45, 7) is 5.63. The molecule has 0 saturated heterocycles. The van der Waals surface area contributed by atoms with Crippen molar-refractivity contribution < 1.29 is 5.11 Å². The Hall–Kier alpha value is -1.26. The maximum Gasteiger partial charge on any atom is 0.191 e. The zero-order chi connectivity index (χ0) is 15.9. The van der Waals surface area contributed by atoms with Crippen molar-refractivity contribution in [2.75, 3.05) is 13.1 Å². The molecule has 1 aliphatic carbocycles. The second kappa shape index (κ2) is 8.39. The van der Waals surface area contributed by atoms with Crippen LogP contribution in [0.2, 0.25) is 5.02 Å². The van der Waals surface area contributed by atoms with Crippen molar-refractivity contribution in [3.05, 3.63) is 34.9 Å². The van der Waals surface area contributed by atoms with Gasteiger partial charge in [0, 0.05) is 24.0 Å². The highest BCUT2D eigenvalue weighted by Gasteiger charge is 2.24. The first-order chi connectivity index (χ1) is 10.6. The number of hydrogen-bond acceptors (Lipinski definition) is 2. The first kappa shape index (κ1) is 17.1. The number of aliphatic hydroxyl groups is 1. The van der Waals surface area contributed by atoms with Gasteiger partial charge in [-0.25, -0.2) is 0 Å². The zero-order valence-corrected chi connectivity index (χ0v) is 14.1. The van der Waals surface area contributed by atoms with Crippen LogP contribution in [-0.2, 0) is 0 Å². The highest BCUT2D eigenvalue weighted by atomic mass is 35.5. The summed E-state index contributed by atoms with van der Waals surface area (Å²) in [5.74, 6) is 1.09. The predicted octanol–water partition coefficient (Wildman–Crippen LogP) is 3.12. The molecule has 1 aromatic carbocycles. The largest absolute Gasteiger partial charge is 0.393 e. The smallest absolute Gasteiger partial charge is 0.191 e. The molecule has 0 bridgehead atoms. The molecule has 22 heavy (non-hydrogen) atoms. The maximum atomic E-state index is 9.90. The van der Waals surface area contributed by atoms with Crippen molar-refractivity contribution in [1.29, 1.82) is 0 Å². The lowest BCUT2D eigenvalue weighted by atomic mass is 10.1. The molecule has 0 radical (unpaired) electrons. The Kier molecular flexibility index (Phi) is 6.52.